The highest BCUT2D eigenvalue weighted by molar-refractivity contribution is 8.13. The highest BCUT2D eigenvalue weighted by Gasteiger charge is 2.20. The molecule has 5 nitrogen and oxygen atoms in total. The number of thioether (sulfide) groups is 1. The second-order valence-corrected chi connectivity index (χ2v) is 4.60. The molecule has 2 atom stereocenters. The number of rotatable bonds is 4. The van der Waals surface area contributed by atoms with Crippen LogP contribution in [0.25, 0.3) is 0 Å². The van der Waals surface area contributed by atoms with Gasteiger partial charge in [0, 0.05) is 18.9 Å². The minimum absolute atomic E-state index is 0.109. The molecule has 0 spiro atoms. The Balaban J connectivity index is 2.64. The third kappa shape index (κ3) is 4.15. The van der Waals surface area contributed by atoms with Gasteiger partial charge >= 0.3 is 0 Å². The molecular formula is C11H12N2O3S. The Labute approximate surface area is 103 Å². The third-order valence-electron chi connectivity index (χ3n) is 2.04. The Hall–Kier alpha value is -1.42. The summed E-state index contributed by atoms with van der Waals surface area (Å²) in [4.78, 5) is 14.6. The fraction of sp³-hybridized carbons (Fsp3) is 0.364. The second-order valence-electron chi connectivity index (χ2n) is 3.40. The van der Waals surface area contributed by atoms with Gasteiger partial charge in [-0.25, -0.2) is 0 Å². The Morgan fingerprint density at radius 1 is 1.59 bits per heavy atom. The monoisotopic (exact) mass is 252 g/mol. The van der Waals surface area contributed by atoms with Crippen molar-refractivity contribution in [2.45, 2.75) is 19.1 Å². The molecular weight excluding hydrogens is 240 g/mol. The minimum Gasteiger partial charge on any atom is -0.389 e. The average molecular weight is 252 g/mol. The van der Waals surface area contributed by atoms with Gasteiger partial charge in [0.15, 0.2) is 5.12 Å². The maximum atomic E-state index is 10.7. The smallest absolute Gasteiger partial charge is 0.185 e. The average Bonchev–Trinajstić information content (AvgIpc) is 2.35. The van der Waals surface area contributed by atoms with Gasteiger partial charge in [-0.2, -0.15) is 5.26 Å². The van der Waals surface area contributed by atoms with Crippen LogP contribution in [0.15, 0.2) is 18.3 Å². The highest BCUT2D eigenvalue weighted by atomic mass is 32.2. The standard InChI is InChI=1S/C11H12N2O3S/c1-7(14)17-6-10(15)11(16)9-3-2-8(4-12)5-13-9/h2-3,5,10-11,15-16H,6H2,1H3. The Morgan fingerprint density at radius 3 is 2.76 bits per heavy atom. The van der Waals surface area contributed by atoms with Crippen molar-refractivity contribution in [3.8, 4) is 6.07 Å². The number of carbonyl (C=O) groups is 1. The molecule has 17 heavy (non-hydrogen) atoms. The van der Waals surface area contributed by atoms with Crippen molar-refractivity contribution in [2.75, 3.05) is 5.75 Å². The molecule has 6 heteroatoms. The number of hydrogen-bond donors (Lipinski definition) is 2. The van der Waals surface area contributed by atoms with E-state index >= 15 is 0 Å². The molecule has 1 rings (SSSR count). The number of aliphatic hydroxyl groups is 2. The zero-order valence-corrected chi connectivity index (χ0v) is 10.0. The molecule has 0 radical (unpaired) electrons. The van der Waals surface area contributed by atoms with Gasteiger partial charge in [-0.05, 0) is 12.1 Å². The number of pyridine rings is 1. The van der Waals surface area contributed by atoms with Crippen LogP contribution in [0.1, 0.15) is 24.3 Å². The summed E-state index contributed by atoms with van der Waals surface area (Å²) in [5.41, 5.74) is 0.661. The number of aliphatic hydroxyl groups excluding tert-OH is 2. The maximum Gasteiger partial charge on any atom is 0.185 e. The van der Waals surface area contributed by atoms with Crippen molar-refractivity contribution in [1.82, 2.24) is 4.98 Å². The molecule has 0 aromatic carbocycles. The van der Waals surface area contributed by atoms with E-state index in [1.165, 1.54) is 25.3 Å². The molecule has 90 valence electrons. The molecule has 0 aliphatic heterocycles. The van der Waals surface area contributed by atoms with E-state index in [1.807, 2.05) is 6.07 Å². The maximum absolute atomic E-state index is 10.7. The van der Waals surface area contributed by atoms with E-state index < -0.39 is 12.2 Å². The predicted octanol–water partition coefficient (Wildman–Crippen LogP) is 0.627. The van der Waals surface area contributed by atoms with Crippen molar-refractivity contribution in [3.05, 3.63) is 29.6 Å². The van der Waals surface area contributed by atoms with Gasteiger partial charge in [0.05, 0.1) is 17.4 Å². The van der Waals surface area contributed by atoms with Crippen molar-refractivity contribution < 1.29 is 15.0 Å². The van der Waals surface area contributed by atoms with Gasteiger partial charge in [0.1, 0.15) is 12.2 Å². The first-order valence-corrected chi connectivity index (χ1v) is 5.88. The van der Waals surface area contributed by atoms with Gasteiger partial charge in [-0.1, -0.05) is 11.8 Å². The topological polar surface area (TPSA) is 94.2 Å². The van der Waals surface area contributed by atoms with Crippen LogP contribution in [-0.4, -0.2) is 32.2 Å². The molecule has 0 amide bonds. The van der Waals surface area contributed by atoms with Crippen molar-refractivity contribution in [1.29, 1.82) is 5.26 Å². The van der Waals surface area contributed by atoms with Crippen LogP contribution < -0.4 is 0 Å². The Kier molecular flexibility index (Phi) is 5.10. The van der Waals surface area contributed by atoms with E-state index in [4.69, 9.17) is 5.26 Å². The summed E-state index contributed by atoms with van der Waals surface area (Å²) in [5.74, 6) is 0.109. The molecule has 2 N–H and O–H groups in total. The molecule has 0 aliphatic carbocycles. The van der Waals surface area contributed by atoms with Crippen molar-refractivity contribution in [3.63, 3.8) is 0 Å². The van der Waals surface area contributed by atoms with Gasteiger partial charge in [0.2, 0.25) is 0 Å². The molecule has 0 fully saturated rings. The lowest BCUT2D eigenvalue weighted by Gasteiger charge is -2.16. The first kappa shape index (κ1) is 13.6. The van der Waals surface area contributed by atoms with Crippen LogP contribution in [0.2, 0.25) is 0 Å². The van der Waals surface area contributed by atoms with Gasteiger partial charge < -0.3 is 10.2 Å². The lowest BCUT2D eigenvalue weighted by Crippen LogP contribution is -2.22. The summed E-state index contributed by atoms with van der Waals surface area (Å²) in [6, 6.07) is 4.89. The minimum atomic E-state index is -1.16. The first-order valence-electron chi connectivity index (χ1n) is 4.90. The van der Waals surface area contributed by atoms with Crippen LogP contribution in [0.5, 0.6) is 0 Å². The van der Waals surface area contributed by atoms with Crippen LogP contribution in [0.4, 0.5) is 0 Å². The fourth-order valence-electron chi connectivity index (χ4n) is 1.14. The van der Waals surface area contributed by atoms with E-state index in [-0.39, 0.29) is 16.6 Å². The van der Waals surface area contributed by atoms with Crippen LogP contribution in [-0.2, 0) is 4.79 Å². The fourth-order valence-corrected chi connectivity index (χ4v) is 1.73. The highest BCUT2D eigenvalue weighted by Crippen LogP contribution is 2.18. The van der Waals surface area contributed by atoms with E-state index in [0.29, 0.717) is 5.56 Å². The molecule has 0 aliphatic rings. The van der Waals surface area contributed by atoms with Crippen LogP contribution in [0, 0.1) is 11.3 Å². The van der Waals surface area contributed by atoms with E-state index in [0.717, 1.165) is 11.8 Å². The lowest BCUT2D eigenvalue weighted by atomic mass is 10.1. The summed E-state index contributed by atoms with van der Waals surface area (Å²) in [7, 11) is 0. The van der Waals surface area contributed by atoms with E-state index in [2.05, 4.69) is 4.98 Å². The largest absolute Gasteiger partial charge is 0.389 e. The number of carbonyl (C=O) groups excluding carboxylic acids is 1. The molecule has 1 aromatic heterocycles. The van der Waals surface area contributed by atoms with E-state index in [9.17, 15) is 15.0 Å². The van der Waals surface area contributed by atoms with Crippen LogP contribution in [0.3, 0.4) is 0 Å². The SMILES string of the molecule is CC(=O)SCC(O)C(O)c1ccc(C#N)cn1. The number of nitriles is 1. The second kappa shape index (κ2) is 6.35. The summed E-state index contributed by atoms with van der Waals surface area (Å²) in [6.07, 6.45) is -0.900. The quantitative estimate of drug-likeness (QED) is 0.816. The predicted molar refractivity (Wildman–Crippen MR) is 63.1 cm³/mol. The summed E-state index contributed by atoms with van der Waals surface area (Å²) in [6.45, 7) is 1.39. The van der Waals surface area contributed by atoms with Crippen LogP contribution >= 0.6 is 11.8 Å². The molecule has 1 heterocycles. The van der Waals surface area contributed by atoms with Gasteiger partial charge in [-0.15, -0.1) is 0 Å². The Morgan fingerprint density at radius 2 is 2.29 bits per heavy atom. The summed E-state index contributed by atoms with van der Waals surface area (Å²) >= 11 is 0.941. The lowest BCUT2D eigenvalue weighted by molar-refractivity contribution is -0.109. The van der Waals surface area contributed by atoms with Gasteiger partial charge in [0.25, 0.3) is 0 Å². The van der Waals surface area contributed by atoms with Crippen molar-refractivity contribution in [2.24, 2.45) is 0 Å². The molecule has 0 saturated carbocycles. The zero-order chi connectivity index (χ0) is 12.8. The Bertz CT molecular complexity index is 427. The first-order chi connectivity index (χ1) is 8.04. The van der Waals surface area contributed by atoms with Crippen molar-refractivity contribution >= 4 is 16.9 Å². The zero-order valence-electron chi connectivity index (χ0n) is 9.20. The number of hydrogen-bond acceptors (Lipinski definition) is 6. The molecule has 0 saturated heterocycles. The third-order valence-corrected chi connectivity index (χ3v) is 2.96. The van der Waals surface area contributed by atoms with Gasteiger partial charge in [-0.3, -0.25) is 9.78 Å². The van der Waals surface area contributed by atoms with E-state index in [1.54, 1.807) is 0 Å². The molecule has 1 aromatic rings. The summed E-state index contributed by atoms with van der Waals surface area (Å²) in [5, 5.41) is 27.8. The summed E-state index contributed by atoms with van der Waals surface area (Å²) < 4.78 is 0. The molecule has 2 unspecified atom stereocenters. The number of aromatic nitrogens is 1. The number of nitrogens with zero attached hydrogens (tertiary/aromatic N) is 2. The molecule has 0 bridgehead atoms. The normalized spacial score (nSPS) is 13.8.